The van der Waals surface area contributed by atoms with Gasteiger partial charge in [0.15, 0.2) is 0 Å². The predicted octanol–water partition coefficient (Wildman–Crippen LogP) is 11.6. The van der Waals surface area contributed by atoms with E-state index in [4.69, 9.17) is 19.9 Å². The smallest absolute Gasteiger partial charge is 0.148 e. The first kappa shape index (κ1) is 28.5. The van der Waals surface area contributed by atoms with Gasteiger partial charge >= 0.3 is 0 Å². The number of hydrogen-bond donors (Lipinski definition) is 0. The molecule has 0 saturated carbocycles. The van der Waals surface area contributed by atoms with Crippen molar-refractivity contribution >= 4 is 43.5 Å². The first-order chi connectivity index (χ1) is 24.3. The van der Waals surface area contributed by atoms with Gasteiger partial charge in [0.2, 0.25) is 0 Å². The van der Waals surface area contributed by atoms with Gasteiger partial charge in [0, 0.05) is 48.9 Å². The first-order valence-corrected chi connectivity index (χ1v) is 16.3. The SMILES string of the molecule is [2H]C(C)(C)c1cc(-c2[c-]ccc3c2oc2c3ccc3sc(C)nc32)ncc1-c1c(C)cccc1C.[2H]C([2H])([2H])c1ccc(-c2[c-]cccc2)nc1.[Ir]. The maximum Gasteiger partial charge on any atom is 0.148 e. The van der Waals surface area contributed by atoms with E-state index in [1.807, 2.05) is 63.4 Å². The molecule has 0 fully saturated rings. The van der Waals surface area contributed by atoms with Crippen molar-refractivity contribution in [3.05, 3.63) is 137 Å². The normalized spacial score (nSPS) is 12.9. The van der Waals surface area contributed by atoms with E-state index in [0.29, 0.717) is 0 Å². The molecule has 0 aliphatic heterocycles. The molecule has 8 aromatic rings. The fourth-order valence-corrected chi connectivity index (χ4v) is 6.87. The zero-order chi connectivity index (χ0) is 36.1. The largest absolute Gasteiger partial charge is 0.498 e. The van der Waals surface area contributed by atoms with Crippen LogP contribution < -0.4 is 0 Å². The number of rotatable bonds is 4. The minimum Gasteiger partial charge on any atom is -0.498 e. The van der Waals surface area contributed by atoms with Gasteiger partial charge in [-0.1, -0.05) is 67.3 Å². The third kappa shape index (κ3) is 6.36. The van der Waals surface area contributed by atoms with E-state index in [1.54, 1.807) is 29.5 Å². The van der Waals surface area contributed by atoms with Gasteiger partial charge in [-0.3, -0.25) is 0 Å². The van der Waals surface area contributed by atoms with Crippen molar-refractivity contribution in [2.75, 3.05) is 0 Å². The van der Waals surface area contributed by atoms with Crippen LogP contribution in [0.15, 0.2) is 102 Å². The fourth-order valence-electron chi connectivity index (χ4n) is 6.04. The Labute approximate surface area is 304 Å². The summed E-state index contributed by atoms with van der Waals surface area (Å²) in [4.78, 5) is 13.7. The molecule has 0 spiro atoms. The van der Waals surface area contributed by atoms with E-state index in [-0.39, 0.29) is 25.7 Å². The third-order valence-electron chi connectivity index (χ3n) is 8.26. The van der Waals surface area contributed by atoms with Crippen LogP contribution in [-0.2, 0) is 20.1 Å². The maximum atomic E-state index is 8.94. The summed E-state index contributed by atoms with van der Waals surface area (Å²) in [5.74, 6) is -0.812. The van der Waals surface area contributed by atoms with E-state index < -0.39 is 12.7 Å². The Kier molecular flexibility index (Phi) is 8.28. The Balaban J connectivity index is 0.000000230. The number of fused-ring (bicyclic) bond motifs is 5. The summed E-state index contributed by atoms with van der Waals surface area (Å²) in [6.07, 6.45) is 3.30. The third-order valence-corrected chi connectivity index (χ3v) is 9.20. The van der Waals surface area contributed by atoms with Crippen molar-refractivity contribution in [2.24, 2.45) is 0 Å². The van der Waals surface area contributed by atoms with Crippen molar-refractivity contribution < 1.29 is 30.0 Å². The van der Waals surface area contributed by atoms with Gasteiger partial charge in [-0.2, -0.15) is 0 Å². The van der Waals surface area contributed by atoms with Crippen molar-refractivity contribution in [3.63, 3.8) is 0 Å². The van der Waals surface area contributed by atoms with E-state index in [1.165, 1.54) is 17.3 Å². The Hall–Kier alpha value is -4.48. The monoisotopic (exact) mass is 826 g/mol. The maximum absolute atomic E-state index is 8.94. The van der Waals surface area contributed by atoms with Crippen LogP contribution in [-0.4, -0.2) is 15.0 Å². The number of thiazole rings is 1. The molecule has 0 aliphatic carbocycles. The van der Waals surface area contributed by atoms with Gasteiger partial charge in [0.25, 0.3) is 0 Å². The summed E-state index contributed by atoms with van der Waals surface area (Å²) in [6.45, 7) is 8.00. The summed E-state index contributed by atoms with van der Waals surface area (Å²) in [7, 11) is 0. The van der Waals surface area contributed by atoms with E-state index >= 15 is 0 Å². The van der Waals surface area contributed by atoms with Crippen molar-refractivity contribution in [3.8, 4) is 33.6 Å². The Morgan fingerprint density at radius 2 is 1.60 bits per heavy atom. The molecule has 8 rings (SSSR count). The minimum absolute atomic E-state index is 0. The molecule has 0 bridgehead atoms. The summed E-state index contributed by atoms with van der Waals surface area (Å²) >= 11 is 1.67. The number of pyridine rings is 2. The van der Waals surface area contributed by atoms with Gasteiger partial charge in [-0.05, 0) is 78.8 Å². The molecule has 48 heavy (non-hydrogen) atoms. The van der Waals surface area contributed by atoms with Crippen molar-refractivity contribution in [1.82, 2.24) is 15.0 Å². The topological polar surface area (TPSA) is 51.8 Å². The molecule has 4 aromatic carbocycles. The van der Waals surface area contributed by atoms with Gasteiger partial charge in [-0.25, -0.2) is 4.98 Å². The van der Waals surface area contributed by atoms with E-state index in [2.05, 4.69) is 61.3 Å². The number of aromatic nitrogens is 3. The summed E-state index contributed by atoms with van der Waals surface area (Å²) in [5.41, 5.74) is 11.3. The van der Waals surface area contributed by atoms with Crippen molar-refractivity contribution in [2.45, 2.75) is 47.4 Å². The summed E-state index contributed by atoms with van der Waals surface area (Å²) in [5, 5.41) is 3.08. The van der Waals surface area contributed by atoms with Crippen LogP contribution in [0.1, 0.15) is 52.5 Å². The molecule has 0 saturated heterocycles. The Morgan fingerprint density at radius 3 is 2.31 bits per heavy atom. The minimum atomic E-state index is -2.09. The average Bonchev–Trinajstić information content (AvgIpc) is 3.68. The molecule has 241 valence electrons. The summed E-state index contributed by atoms with van der Waals surface area (Å²) in [6, 6.07) is 33.7. The van der Waals surface area contributed by atoms with Crippen LogP contribution >= 0.6 is 11.3 Å². The number of benzene rings is 4. The van der Waals surface area contributed by atoms with Crippen LogP contribution in [0.3, 0.4) is 0 Å². The zero-order valence-electron chi connectivity index (χ0n) is 31.2. The van der Waals surface area contributed by atoms with Gasteiger partial charge in [0.1, 0.15) is 11.1 Å². The number of nitrogens with zero attached hydrogens (tertiary/aromatic N) is 3. The standard InChI is InChI=1S/C30H25N2OS.C12H10N.Ir/c1-16(2)23-14-25(31-15-24(23)27-17(3)8-6-9-18(27)4)22-11-7-10-20-21-12-13-26-28(32-19(5)34-26)30(21)33-29(20)22;1-10-7-8-12(13-9-10)11-5-3-2-4-6-11;/h6-10,12-16H,1-5H3;2-5,7-9H,1H3;/q2*-1;/i16D;1D3;. The van der Waals surface area contributed by atoms with E-state index in [0.717, 1.165) is 76.4 Å². The molecule has 1 radical (unpaired) electrons. The predicted molar refractivity (Wildman–Crippen MR) is 196 cm³/mol. The Bertz CT molecular complexity index is 2520. The fraction of sp³-hybridized carbons (Fsp3) is 0.167. The molecule has 0 atom stereocenters. The second-order valence-electron chi connectivity index (χ2n) is 11.8. The molecule has 0 unspecified atom stereocenters. The van der Waals surface area contributed by atoms with E-state index in [9.17, 15) is 0 Å². The number of hydrogen-bond acceptors (Lipinski definition) is 5. The molecule has 4 aromatic heterocycles. The molecule has 4 nitrogen and oxygen atoms in total. The number of furan rings is 1. The van der Waals surface area contributed by atoms with Crippen LogP contribution in [0.5, 0.6) is 0 Å². The van der Waals surface area contributed by atoms with Crippen LogP contribution in [0.2, 0.25) is 0 Å². The Morgan fingerprint density at radius 1 is 0.812 bits per heavy atom. The zero-order valence-corrected chi connectivity index (χ0v) is 30.4. The average molecular weight is 826 g/mol. The van der Waals surface area contributed by atoms with Gasteiger partial charge in [-0.15, -0.1) is 65.4 Å². The van der Waals surface area contributed by atoms with Crippen LogP contribution in [0, 0.1) is 39.8 Å². The quantitative estimate of drug-likeness (QED) is 0.166. The molecule has 0 aliphatic rings. The molecular weight excluding hydrogens is 787 g/mol. The summed E-state index contributed by atoms with van der Waals surface area (Å²) < 4.78 is 38.2. The first-order valence-electron chi connectivity index (χ1n) is 17.4. The van der Waals surface area contributed by atoms with Crippen molar-refractivity contribution in [1.29, 1.82) is 0 Å². The van der Waals surface area contributed by atoms with Gasteiger partial charge < -0.3 is 14.4 Å². The molecular formula is C42H35IrN3OS-2. The molecule has 0 amide bonds. The molecule has 6 heteroatoms. The van der Waals surface area contributed by atoms with Gasteiger partial charge in [0.05, 0.1) is 15.3 Å². The molecule has 4 heterocycles. The van der Waals surface area contributed by atoms with Crippen LogP contribution in [0.25, 0.3) is 65.8 Å². The second kappa shape index (κ2) is 13.9. The number of aryl methyl sites for hydroxylation is 4. The second-order valence-corrected chi connectivity index (χ2v) is 13.0. The van der Waals surface area contributed by atoms with Crippen LogP contribution in [0.4, 0.5) is 0 Å². The molecule has 0 N–H and O–H groups in total.